The maximum Gasteiger partial charge on any atom is 0.201 e. The van der Waals surface area contributed by atoms with Gasteiger partial charge < -0.3 is 14.8 Å². The third kappa shape index (κ3) is 3.05. The second kappa shape index (κ2) is 5.11. The highest BCUT2D eigenvalue weighted by molar-refractivity contribution is 6.64. The zero-order valence-electron chi connectivity index (χ0n) is 13.3. The molecule has 112 valence electrons. The van der Waals surface area contributed by atoms with E-state index in [1.165, 1.54) is 18.9 Å². The van der Waals surface area contributed by atoms with Crippen LogP contribution in [0, 0.1) is 0 Å². The van der Waals surface area contributed by atoms with Crippen molar-refractivity contribution in [1.82, 2.24) is 10.6 Å². The summed E-state index contributed by atoms with van der Waals surface area (Å²) in [4.78, 5) is 0. The highest BCUT2D eigenvalue weighted by Gasteiger charge is 2.52. The van der Waals surface area contributed by atoms with Gasteiger partial charge in [-0.2, -0.15) is 0 Å². The normalized spacial score (nSPS) is 33.5. The molecule has 2 aliphatic heterocycles. The van der Waals surface area contributed by atoms with Gasteiger partial charge >= 0.3 is 0 Å². The zero-order chi connectivity index (χ0) is 14.3. The smallest absolute Gasteiger partial charge is 0.201 e. The number of methoxy groups -OCH3 is 2. The van der Waals surface area contributed by atoms with E-state index in [9.17, 15) is 0 Å². The minimum Gasteiger partial charge on any atom is -0.345 e. The molecule has 0 spiro atoms. The van der Waals surface area contributed by atoms with Crippen LogP contribution in [-0.4, -0.2) is 46.2 Å². The van der Waals surface area contributed by atoms with Crippen LogP contribution in [0.2, 0.25) is 11.6 Å². The molecule has 1 atom stereocenters. The Kier molecular flexibility index (Phi) is 4.16. The first-order chi connectivity index (χ1) is 8.74. The molecule has 5 heteroatoms. The fourth-order valence-corrected chi connectivity index (χ4v) is 9.17. The summed E-state index contributed by atoms with van der Waals surface area (Å²) in [6.45, 7) is 10.3. The van der Waals surface area contributed by atoms with E-state index in [0.717, 1.165) is 12.1 Å². The van der Waals surface area contributed by atoms with Gasteiger partial charge in [0.25, 0.3) is 0 Å². The number of hydrogen-bond acceptors (Lipinski definition) is 4. The van der Waals surface area contributed by atoms with Crippen LogP contribution in [0.15, 0.2) is 0 Å². The third-order valence-corrected chi connectivity index (χ3v) is 8.88. The van der Waals surface area contributed by atoms with Gasteiger partial charge in [0, 0.05) is 25.3 Å². The van der Waals surface area contributed by atoms with Gasteiger partial charge in [0.1, 0.15) is 8.80 Å². The van der Waals surface area contributed by atoms with Crippen molar-refractivity contribution in [2.24, 2.45) is 0 Å². The lowest BCUT2D eigenvalue weighted by Crippen LogP contribution is -2.62. The van der Waals surface area contributed by atoms with E-state index in [-0.39, 0.29) is 11.1 Å². The van der Waals surface area contributed by atoms with E-state index < -0.39 is 14.3 Å². The molecule has 0 radical (unpaired) electrons. The molecule has 0 aromatic carbocycles. The molecular weight excluding hydrogens is 256 g/mol. The summed E-state index contributed by atoms with van der Waals surface area (Å²) in [5, 5.41) is 7.24. The molecule has 0 saturated carbocycles. The lowest BCUT2D eigenvalue weighted by molar-refractivity contribution is -0.163. The van der Waals surface area contributed by atoms with Crippen LogP contribution in [0.1, 0.15) is 40.5 Å². The standard InChI is InChI=1S/C14H30N2O2Si/c1-12(2)9-11(10-13(3,4)16-12)19-8-7-15-14(19,17-5)18-6/h11,15-16,19H,7-10H2,1-6H3. The minimum absolute atomic E-state index is 0.204. The van der Waals surface area contributed by atoms with Crippen molar-refractivity contribution in [2.75, 3.05) is 20.8 Å². The van der Waals surface area contributed by atoms with Gasteiger partial charge in [-0.15, -0.1) is 0 Å². The fourth-order valence-electron chi connectivity index (χ4n) is 4.49. The van der Waals surface area contributed by atoms with Crippen LogP contribution in [0.3, 0.4) is 0 Å². The Morgan fingerprint density at radius 3 is 2.00 bits per heavy atom. The molecule has 2 fully saturated rings. The number of rotatable bonds is 3. The molecule has 4 nitrogen and oxygen atoms in total. The van der Waals surface area contributed by atoms with E-state index in [1.807, 2.05) is 0 Å². The first-order valence-electron chi connectivity index (χ1n) is 7.38. The Morgan fingerprint density at radius 1 is 1.00 bits per heavy atom. The molecular formula is C14H30N2O2Si. The van der Waals surface area contributed by atoms with Crippen LogP contribution in [-0.2, 0) is 9.47 Å². The van der Waals surface area contributed by atoms with E-state index in [4.69, 9.17) is 9.47 Å². The van der Waals surface area contributed by atoms with Gasteiger partial charge in [0.15, 0.2) is 0 Å². The summed E-state index contributed by atoms with van der Waals surface area (Å²) in [5.41, 5.74) is 0.708. The Hall–Kier alpha value is 0.0569. The molecule has 2 rings (SSSR count). The van der Waals surface area contributed by atoms with Gasteiger partial charge in [0.05, 0.1) is 0 Å². The second-order valence-corrected chi connectivity index (χ2v) is 11.0. The maximum absolute atomic E-state index is 5.76. The zero-order valence-corrected chi connectivity index (χ0v) is 14.5. The quantitative estimate of drug-likeness (QED) is 0.611. The SMILES string of the molecule is COC1(OC)NCC[SiH]1C1CC(C)(C)NC(C)(C)C1. The van der Waals surface area contributed by atoms with Crippen LogP contribution in [0.4, 0.5) is 0 Å². The molecule has 2 aliphatic rings. The van der Waals surface area contributed by atoms with Gasteiger partial charge in [-0.25, -0.2) is 0 Å². The first-order valence-corrected chi connectivity index (χ1v) is 9.44. The largest absolute Gasteiger partial charge is 0.345 e. The van der Waals surface area contributed by atoms with Crippen LogP contribution in [0.5, 0.6) is 0 Å². The first kappa shape index (κ1) is 15.4. The van der Waals surface area contributed by atoms with Crippen LogP contribution < -0.4 is 10.6 Å². The van der Waals surface area contributed by atoms with Crippen molar-refractivity contribution in [3.05, 3.63) is 0 Å². The van der Waals surface area contributed by atoms with Gasteiger partial charge in [-0.3, -0.25) is 5.32 Å². The summed E-state index contributed by atoms with van der Waals surface area (Å²) in [5.74, 6) is 0. The van der Waals surface area contributed by atoms with Crippen molar-refractivity contribution >= 4 is 8.80 Å². The van der Waals surface area contributed by atoms with E-state index >= 15 is 0 Å². The molecule has 0 amide bonds. The molecule has 0 aliphatic carbocycles. The number of hydrogen-bond donors (Lipinski definition) is 2. The van der Waals surface area contributed by atoms with E-state index in [2.05, 4.69) is 38.3 Å². The second-order valence-electron chi connectivity index (χ2n) is 7.46. The average molecular weight is 286 g/mol. The number of piperidine rings is 1. The third-order valence-electron chi connectivity index (χ3n) is 4.71. The van der Waals surface area contributed by atoms with Gasteiger partial charge in [0.2, 0.25) is 5.53 Å². The molecule has 2 N–H and O–H groups in total. The van der Waals surface area contributed by atoms with Crippen LogP contribution >= 0.6 is 0 Å². The summed E-state index contributed by atoms with van der Waals surface area (Å²) < 4.78 is 11.5. The monoisotopic (exact) mass is 286 g/mol. The Balaban J connectivity index is 2.21. The Morgan fingerprint density at radius 2 is 1.53 bits per heavy atom. The van der Waals surface area contributed by atoms with Gasteiger partial charge in [-0.1, -0.05) is 0 Å². The van der Waals surface area contributed by atoms with E-state index in [1.54, 1.807) is 14.2 Å². The summed E-state index contributed by atoms with van der Waals surface area (Å²) in [6, 6.07) is 1.26. The highest BCUT2D eigenvalue weighted by Crippen LogP contribution is 2.43. The molecule has 0 aromatic rings. The number of nitrogens with one attached hydrogen (secondary N) is 2. The maximum atomic E-state index is 5.76. The lowest BCUT2D eigenvalue weighted by atomic mass is 9.82. The Labute approximate surface area is 119 Å². The van der Waals surface area contributed by atoms with Crippen molar-refractivity contribution in [3.63, 3.8) is 0 Å². The fraction of sp³-hybridized carbons (Fsp3) is 1.00. The van der Waals surface area contributed by atoms with Crippen molar-refractivity contribution < 1.29 is 9.47 Å². The van der Waals surface area contributed by atoms with Crippen molar-refractivity contribution in [3.8, 4) is 0 Å². The van der Waals surface area contributed by atoms with Crippen molar-refractivity contribution in [1.29, 1.82) is 0 Å². The molecule has 2 saturated heterocycles. The molecule has 2 heterocycles. The minimum atomic E-state index is -1.17. The molecule has 0 bridgehead atoms. The van der Waals surface area contributed by atoms with E-state index in [0.29, 0.717) is 0 Å². The predicted octanol–water partition coefficient (Wildman–Crippen LogP) is 1.61. The summed E-state index contributed by atoms with van der Waals surface area (Å²) in [6.07, 6.45) is 2.45. The lowest BCUT2D eigenvalue weighted by Gasteiger charge is -2.49. The number of ether oxygens (including phenoxy) is 2. The van der Waals surface area contributed by atoms with Crippen molar-refractivity contribution in [2.45, 2.75) is 68.7 Å². The average Bonchev–Trinajstić information content (AvgIpc) is 2.69. The topological polar surface area (TPSA) is 42.5 Å². The molecule has 19 heavy (non-hydrogen) atoms. The molecule has 1 unspecified atom stereocenters. The van der Waals surface area contributed by atoms with Gasteiger partial charge in [-0.05, 0) is 58.7 Å². The summed E-state index contributed by atoms with van der Waals surface area (Å²) in [7, 11) is 2.38. The highest BCUT2D eigenvalue weighted by atomic mass is 28.3. The summed E-state index contributed by atoms with van der Waals surface area (Å²) >= 11 is 0. The Bertz CT molecular complexity index is 313. The van der Waals surface area contributed by atoms with Crippen LogP contribution in [0.25, 0.3) is 0 Å². The predicted molar refractivity (Wildman–Crippen MR) is 81.0 cm³/mol. The molecule has 0 aromatic heterocycles.